The van der Waals surface area contributed by atoms with Crippen LogP contribution >= 0.6 is 0 Å². The van der Waals surface area contributed by atoms with Gasteiger partial charge in [0.15, 0.2) is 0 Å². The van der Waals surface area contributed by atoms with Gasteiger partial charge in [-0.15, -0.1) is 0 Å². The third kappa shape index (κ3) is 6.66. The normalized spacial score (nSPS) is 15.6. The maximum Gasteiger partial charge on any atom is 0.137 e. The number of aromatic nitrogens is 4. The number of hydrogen-bond donors (Lipinski definition) is 0. The summed E-state index contributed by atoms with van der Waals surface area (Å²) in [6, 6.07) is 32.8. The Hall–Kier alpha value is -5.16. The van der Waals surface area contributed by atoms with Gasteiger partial charge < -0.3 is 4.74 Å². The number of hydrogen-bond acceptors (Lipinski definition) is 3. The summed E-state index contributed by atoms with van der Waals surface area (Å²) < 4.78 is 11.2. The molecule has 3 aromatic heterocycles. The Bertz CT molecular complexity index is 2450. The first-order chi connectivity index (χ1) is 27.0. The highest BCUT2D eigenvalue weighted by molar-refractivity contribution is 6.09. The van der Waals surface area contributed by atoms with Crippen molar-refractivity contribution in [2.24, 2.45) is 0 Å². The average molecular weight is 727 g/mol. The number of rotatable bonds is 9. The molecule has 2 aliphatic rings. The van der Waals surface area contributed by atoms with E-state index in [1.54, 1.807) is 11.1 Å². The van der Waals surface area contributed by atoms with Gasteiger partial charge in [-0.1, -0.05) is 94.3 Å². The van der Waals surface area contributed by atoms with Gasteiger partial charge in [-0.05, 0) is 129 Å². The van der Waals surface area contributed by atoms with E-state index in [4.69, 9.17) is 14.8 Å². The highest BCUT2D eigenvalue weighted by atomic mass is 16.5. The molecule has 0 radical (unpaired) electrons. The summed E-state index contributed by atoms with van der Waals surface area (Å²) in [5.41, 5.74) is 14.5. The van der Waals surface area contributed by atoms with Crippen molar-refractivity contribution in [2.75, 3.05) is 0 Å². The number of nitrogens with zero attached hydrogens (tertiary/aromatic N) is 4. The molecule has 0 aliphatic heterocycles. The quantitative estimate of drug-likeness (QED) is 0.149. The minimum atomic E-state index is 0.623. The van der Waals surface area contributed by atoms with E-state index in [0.29, 0.717) is 11.8 Å². The van der Waals surface area contributed by atoms with E-state index >= 15 is 0 Å². The highest BCUT2D eigenvalue weighted by Gasteiger charge is 2.30. The summed E-state index contributed by atoms with van der Waals surface area (Å²) in [5.74, 6) is 3.75. The summed E-state index contributed by atoms with van der Waals surface area (Å²) in [5, 5.41) is 7.84. The molecule has 0 amide bonds. The molecule has 9 rings (SSSR count). The van der Waals surface area contributed by atoms with Gasteiger partial charge in [0.1, 0.15) is 17.3 Å². The summed E-state index contributed by atoms with van der Waals surface area (Å²) in [7, 11) is 0. The van der Waals surface area contributed by atoms with Crippen LogP contribution in [-0.4, -0.2) is 19.3 Å². The molecule has 0 saturated heterocycles. The lowest BCUT2D eigenvalue weighted by Crippen LogP contribution is -2.13. The lowest BCUT2D eigenvalue weighted by Gasteiger charge is -2.31. The van der Waals surface area contributed by atoms with Gasteiger partial charge in [0.25, 0.3) is 0 Å². The molecule has 2 fully saturated rings. The van der Waals surface area contributed by atoms with Crippen molar-refractivity contribution < 1.29 is 4.74 Å². The summed E-state index contributed by atoms with van der Waals surface area (Å²) in [4.78, 5) is 4.78. The molecule has 5 heteroatoms. The monoisotopic (exact) mass is 726 g/mol. The molecule has 0 unspecified atom stereocenters. The first-order valence-electron chi connectivity index (χ1n) is 21.0. The Morgan fingerprint density at radius 1 is 0.618 bits per heavy atom. The number of fused-ring (bicyclic) bond motifs is 3. The molecule has 55 heavy (non-hydrogen) atoms. The Balaban J connectivity index is 1.14. The third-order valence-corrected chi connectivity index (χ3v) is 12.5. The van der Waals surface area contributed by atoms with Crippen molar-refractivity contribution in [3.8, 4) is 34.1 Å². The predicted octanol–water partition coefficient (Wildman–Crippen LogP) is 13.7. The fourth-order valence-electron chi connectivity index (χ4n) is 9.90. The van der Waals surface area contributed by atoms with E-state index in [1.807, 2.05) is 12.3 Å². The lowest BCUT2D eigenvalue weighted by atomic mass is 9.74. The van der Waals surface area contributed by atoms with Gasteiger partial charge in [-0.2, -0.15) is 5.10 Å². The first-order valence-corrected chi connectivity index (χ1v) is 21.0. The van der Waals surface area contributed by atoms with Gasteiger partial charge in [0.05, 0.1) is 28.1 Å². The summed E-state index contributed by atoms with van der Waals surface area (Å²) in [6.45, 7) is 9.03. The largest absolute Gasteiger partial charge is 0.457 e. The van der Waals surface area contributed by atoms with Crippen LogP contribution < -0.4 is 4.74 Å². The minimum Gasteiger partial charge on any atom is -0.457 e. The molecule has 2 aliphatic carbocycles. The SMILES string of the molecule is CCc1nn(-c2cccc(Oc3ccc4c5ccccc5n(-c5cc(C)ccn5)c4c3)c2)c(CC)c1-c1c(C2CCCCC2)cc(C)cc1C1CCCCC1. The van der Waals surface area contributed by atoms with Crippen molar-refractivity contribution >= 4 is 21.8 Å². The van der Waals surface area contributed by atoms with E-state index < -0.39 is 0 Å². The van der Waals surface area contributed by atoms with Crippen molar-refractivity contribution in [3.63, 3.8) is 0 Å². The molecule has 3 heterocycles. The fourth-order valence-corrected chi connectivity index (χ4v) is 9.90. The van der Waals surface area contributed by atoms with Crippen molar-refractivity contribution in [1.29, 1.82) is 0 Å². The molecule has 280 valence electrons. The average Bonchev–Trinajstić information content (AvgIpc) is 3.76. The van der Waals surface area contributed by atoms with Crippen molar-refractivity contribution in [1.82, 2.24) is 19.3 Å². The van der Waals surface area contributed by atoms with Crippen LogP contribution in [0.1, 0.15) is 124 Å². The summed E-state index contributed by atoms with van der Waals surface area (Å²) >= 11 is 0. The van der Waals surface area contributed by atoms with Crippen molar-refractivity contribution in [2.45, 2.75) is 117 Å². The van der Waals surface area contributed by atoms with Gasteiger partial charge >= 0.3 is 0 Å². The van der Waals surface area contributed by atoms with Gasteiger partial charge in [0.2, 0.25) is 0 Å². The van der Waals surface area contributed by atoms with Crippen LogP contribution in [0.15, 0.2) is 97.2 Å². The van der Waals surface area contributed by atoms with E-state index in [9.17, 15) is 0 Å². The zero-order valence-corrected chi connectivity index (χ0v) is 33.1. The van der Waals surface area contributed by atoms with Crippen LogP contribution in [0.3, 0.4) is 0 Å². The predicted molar refractivity (Wildman–Crippen MR) is 228 cm³/mol. The highest BCUT2D eigenvalue weighted by Crippen LogP contribution is 2.48. The molecular weight excluding hydrogens is 673 g/mol. The molecule has 0 bridgehead atoms. The molecule has 2 saturated carbocycles. The number of ether oxygens (including phenoxy) is 1. The van der Waals surface area contributed by atoms with E-state index in [1.165, 1.54) is 109 Å². The van der Waals surface area contributed by atoms with Crippen LogP contribution in [0.2, 0.25) is 0 Å². The molecule has 0 spiro atoms. The van der Waals surface area contributed by atoms with Gasteiger partial charge in [-0.25, -0.2) is 9.67 Å². The zero-order valence-electron chi connectivity index (χ0n) is 33.1. The Kier molecular flexibility index (Phi) is 9.80. The Labute approximate surface area is 326 Å². The molecule has 0 N–H and O–H groups in total. The van der Waals surface area contributed by atoms with Crippen LogP contribution in [0.25, 0.3) is 44.4 Å². The maximum atomic E-state index is 6.72. The van der Waals surface area contributed by atoms with E-state index in [2.05, 4.69) is 122 Å². The molecule has 0 atom stereocenters. The molecule has 4 aromatic carbocycles. The van der Waals surface area contributed by atoms with Crippen LogP contribution in [0, 0.1) is 13.8 Å². The molecular formula is C50H54N4O. The van der Waals surface area contributed by atoms with Crippen molar-refractivity contribution in [3.05, 3.63) is 131 Å². The fraction of sp³-hybridized carbons (Fsp3) is 0.360. The smallest absolute Gasteiger partial charge is 0.137 e. The zero-order chi connectivity index (χ0) is 37.5. The number of para-hydroxylation sites is 1. The second kappa shape index (κ2) is 15.2. The first kappa shape index (κ1) is 35.5. The minimum absolute atomic E-state index is 0.623. The second-order valence-electron chi connectivity index (χ2n) is 16.2. The second-order valence-corrected chi connectivity index (χ2v) is 16.2. The standard InChI is InChI=1S/C50H54N4O/c1-5-44-50(49-42(35-16-9-7-10-17-35)28-34(4)29-43(49)36-18-11-8-12-19-36)45(6-2)54(52-44)37-20-15-21-38(31-37)55-39-24-25-41-40-22-13-14-23-46(40)53(47(41)32-39)48-30-33(3)26-27-51-48/h13-15,20-32,35-36H,5-12,16-19H2,1-4H3. The van der Waals surface area contributed by atoms with E-state index in [0.717, 1.165) is 46.9 Å². The number of pyridine rings is 1. The molecule has 5 nitrogen and oxygen atoms in total. The third-order valence-electron chi connectivity index (χ3n) is 12.5. The number of aryl methyl sites for hydroxylation is 3. The summed E-state index contributed by atoms with van der Waals surface area (Å²) in [6.07, 6.45) is 17.0. The molecule has 7 aromatic rings. The number of benzene rings is 4. The van der Waals surface area contributed by atoms with Crippen LogP contribution in [0.4, 0.5) is 0 Å². The Morgan fingerprint density at radius 2 is 1.31 bits per heavy atom. The van der Waals surface area contributed by atoms with E-state index in [-0.39, 0.29) is 0 Å². The van der Waals surface area contributed by atoms with Gasteiger partial charge in [0, 0.05) is 34.7 Å². The maximum absolute atomic E-state index is 6.72. The Morgan fingerprint density at radius 3 is 2.00 bits per heavy atom. The van der Waals surface area contributed by atoms with Crippen LogP contribution in [0.5, 0.6) is 11.5 Å². The van der Waals surface area contributed by atoms with Crippen LogP contribution in [-0.2, 0) is 12.8 Å². The topological polar surface area (TPSA) is 44.9 Å². The van der Waals surface area contributed by atoms with Gasteiger partial charge in [-0.3, -0.25) is 4.57 Å². The lowest BCUT2D eigenvalue weighted by molar-refractivity contribution is 0.436.